The van der Waals surface area contributed by atoms with Gasteiger partial charge in [0.1, 0.15) is 5.75 Å². The Morgan fingerprint density at radius 2 is 2.06 bits per heavy atom. The van der Waals surface area contributed by atoms with Crippen LogP contribution in [0.25, 0.3) is 0 Å². The molecule has 2 nitrogen and oxygen atoms in total. The summed E-state index contributed by atoms with van der Waals surface area (Å²) in [4.78, 5) is 0. The van der Waals surface area contributed by atoms with E-state index in [-0.39, 0.29) is 0 Å². The lowest BCUT2D eigenvalue weighted by molar-refractivity contribution is 0.159. The topological polar surface area (TPSA) is 29.5 Å². The van der Waals surface area contributed by atoms with Gasteiger partial charge in [-0.2, -0.15) is 0 Å². The Labute approximate surface area is 112 Å². The lowest BCUT2D eigenvalue weighted by atomic mass is 10.0. The van der Waals surface area contributed by atoms with Gasteiger partial charge >= 0.3 is 0 Å². The van der Waals surface area contributed by atoms with E-state index in [1.807, 2.05) is 19.1 Å². The van der Waals surface area contributed by atoms with E-state index in [1.165, 1.54) is 6.42 Å². The molecule has 0 spiro atoms. The molecule has 0 amide bonds. The monoisotopic (exact) mass is 300 g/mol. The molecule has 96 valence electrons. The summed E-state index contributed by atoms with van der Waals surface area (Å²) in [5.41, 5.74) is 1.99. The first-order valence-electron chi connectivity index (χ1n) is 6.12. The molecule has 1 aromatic rings. The molecule has 0 saturated heterocycles. The van der Waals surface area contributed by atoms with Gasteiger partial charge < -0.3 is 9.84 Å². The number of hydrogen-bond donors (Lipinski definition) is 1. The zero-order valence-electron chi connectivity index (χ0n) is 10.8. The average Bonchev–Trinajstić information content (AvgIpc) is 2.32. The fraction of sp³-hybridized carbons (Fsp3) is 0.571. The highest BCUT2D eigenvalue weighted by Crippen LogP contribution is 2.33. The molecule has 0 bridgehead atoms. The summed E-state index contributed by atoms with van der Waals surface area (Å²) in [5.74, 6) is 0.773. The van der Waals surface area contributed by atoms with E-state index in [0.717, 1.165) is 40.6 Å². The lowest BCUT2D eigenvalue weighted by Crippen LogP contribution is -2.01. The van der Waals surface area contributed by atoms with Crippen LogP contribution in [0, 0.1) is 6.92 Å². The van der Waals surface area contributed by atoms with E-state index in [4.69, 9.17) is 4.74 Å². The molecule has 0 aliphatic heterocycles. The maximum Gasteiger partial charge on any atom is 0.125 e. The highest BCUT2D eigenvalue weighted by atomic mass is 79.9. The van der Waals surface area contributed by atoms with Crippen LogP contribution in [-0.2, 0) is 0 Å². The van der Waals surface area contributed by atoms with Crippen molar-refractivity contribution < 1.29 is 9.84 Å². The highest BCUT2D eigenvalue weighted by molar-refractivity contribution is 9.10. The van der Waals surface area contributed by atoms with Crippen LogP contribution < -0.4 is 4.74 Å². The molecule has 0 aliphatic carbocycles. The van der Waals surface area contributed by atoms with Gasteiger partial charge in [0.15, 0.2) is 0 Å². The Balaban J connectivity index is 2.84. The molecule has 3 heteroatoms. The molecule has 0 saturated carbocycles. The molecule has 0 fully saturated rings. The number of ether oxygens (including phenoxy) is 1. The van der Waals surface area contributed by atoms with Crippen LogP contribution in [0.5, 0.6) is 5.75 Å². The first kappa shape index (κ1) is 14.5. The van der Waals surface area contributed by atoms with Crippen LogP contribution in [0.1, 0.15) is 49.8 Å². The first-order chi connectivity index (χ1) is 8.10. The Bertz CT molecular complexity index is 363. The molecular formula is C14H21BrO2. The second-order valence-electron chi connectivity index (χ2n) is 4.35. The van der Waals surface area contributed by atoms with Crippen LogP contribution in [0.15, 0.2) is 16.6 Å². The largest absolute Gasteiger partial charge is 0.496 e. The normalized spacial score (nSPS) is 12.5. The predicted octanol–water partition coefficient (Wildman–Crippen LogP) is 4.38. The SMILES string of the molecule is CCCCCC(O)c1cc(Br)c(C)cc1OC. The minimum atomic E-state index is -0.437. The van der Waals surface area contributed by atoms with Gasteiger partial charge in [-0.15, -0.1) is 0 Å². The molecule has 17 heavy (non-hydrogen) atoms. The minimum absolute atomic E-state index is 0.437. The molecule has 0 radical (unpaired) electrons. The second-order valence-corrected chi connectivity index (χ2v) is 5.21. The Morgan fingerprint density at radius 1 is 1.35 bits per heavy atom. The van der Waals surface area contributed by atoms with Crippen LogP contribution in [0.3, 0.4) is 0 Å². The molecule has 0 heterocycles. The van der Waals surface area contributed by atoms with Crippen LogP contribution >= 0.6 is 15.9 Å². The smallest absolute Gasteiger partial charge is 0.125 e. The standard InChI is InChI=1S/C14H21BrO2/c1-4-5-6-7-13(16)11-9-12(15)10(2)8-14(11)17-3/h8-9,13,16H,4-7H2,1-3H3. The minimum Gasteiger partial charge on any atom is -0.496 e. The fourth-order valence-electron chi connectivity index (χ4n) is 1.85. The van der Waals surface area contributed by atoms with Gasteiger partial charge in [-0.05, 0) is 31.0 Å². The summed E-state index contributed by atoms with van der Waals surface area (Å²) in [6.07, 6.45) is 3.73. The Hall–Kier alpha value is -0.540. The van der Waals surface area contributed by atoms with E-state index < -0.39 is 6.10 Å². The van der Waals surface area contributed by atoms with E-state index in [2.05, 4.69) is 22.9 Å². The number of unbranched alkanes of at least 4 members (excludes halogenated alkanes) is 2. The van der Waals surface area contributed by atoms with E-state index >= 15 is 0 Å². The summed E-state index contributed by atoms with van der Waals surface area (Å²) in [6.45, 7) is 4.18. The Kier molecular flexibility index (Phi) is 6.00. The molecule has 1 rings (SSSR count). The van der Waals surface area contributed by atoms with Gasteiger partial charge in [0.2, 0.25) is 0 Å². The van der Waals surface area contributed by atoms with E-state index in [0.29, 0.717) is 0 Å². The van der Waals surface area contributed by atoms with Crippen molar-refractivity contribution in [1.82, 2.24) is 0 Å². The van der Waals surface area contributed by atoms with Crippen molar-refractivity contribution in [2.24, 2.45) is 0 Å². The van der Waals surface area contributed by atoms with E-state index in [9.17, 15) is 5.11 Å². The second kappa shape index (κ2) is 7.02. The predicted molar refractivity (Wildman–Crippen MR) is 74.5 cm³/mol. The molecule has 0 aromatic heterocycles. The molecule has 1 N–H and O–H groups in total. The quantitative estimate of drug-likeness (QED) is 0.790. The van der Waals surface area contributed by atoms with Crippen LogP contribution in [-0.4, -0.2) is 12.2 Å². The molecule has 1 unspecified atom stereocenters. The average molecular weight is 301 g/mol. The number of benzene rings is 1. The number of aliphatic hydroxyl groups excluding tert-OH is 1. The van der Waals surface area contributed by atoms with Crippen molar-refractivity contribution in [2.75, 3.05) is 7.11 Å². The summed E-state index contributed by atoms with van der Waals surface area (Å²) in [6, 6.07) is 3.92. The van der Waals surface area contributed by atoms with Gasteiger partial charge in [0.05, 0.1) is 13.2 Å². The summed E-state index contributed by atoms with van der Waals surface area (Å²) in [5, 5.41) is 10.2. The van der Waals surface area contributed by atoms with Crippen molar-refractivity contribution >= 4 is 15.9 Å². The number of halogens is 1. The van der Waals surface area contributed by atoms with Crippen molar-refractivity contribution in [3.63, 3.8) is 0 Å². The third-order valence-electron chi connectivity index (χ3n) is 2.95. The van der Waals surface area contributed by atoms with Crippen LogP contribution in [0.4, 0.5) is 0 Å². The van der Waals surface area contributed by atoms with Gasteiger partial charge in [-0.3, -0.25) is 0 Å². The fourth-order valence-corrected chi connectivity index (χ4v) is 2.21. The lowest BCUT2D eigenvalue weighted by Gasteiger charge is -2.16. The zero-order chi connectivity index (χ0) is 12.8. The van der Waals surface area contributed by atoms with Gasteiger partial charge in [0.25, 0.3) is 0 Å². The van der Waals surface area contributed by atoms with Crippen molar-refractivity contribution in [3.05, 3.63) is 27.7 Å². The van der Waals surface area contributed by atoms with Crippen molar-refractivity contribution in [2.45, 2.75) is 45.6 Å². The number of hydrogen-bond acceptors (Lipinski definition) is 2. The van der Waals surface area contributed by atoms with E-state index in [1.54, 1.807) is 7.11 Å². The Morgan fingerprint density at radius 3 is 2.65 bits per heavy atom. The third kappa shape index (κ3) is 4.00. The zero-order valence-corrected chi connectivity index (χ0v) is 12.4. The highest BCUT2D eigenvalue weighted by Gasteiger charge is 2.14. The van der Waals surface area contributed by atoms with Crippen molar-refractivity contribution in [3.8, 4) is 5.75 Å². The molecular weight excluding hydrogens is 280 g/mol. The summed E-state index contributed by atoms with van der Waals surface area (Å²) in [7, 11) is 1.64. The van der Waals surface area contributed by atoms with Gasteiger partial charge in [-0.1, -0.05) is 42.1 Å². The number of aryl methyl sites for hydroxylation is 1. The number of rotatable bonds is 6. The number of methoxy groups -OCH3 is 1. The summed E-state index contributed by atoms with van der Waals surface area (Å²) >= 11 is 3.49. The van der Waals surface area contributed by atoms with Crippen LogP contribution in [0.2, 0.25) is 0 Å². The molecule has 1 atom stereocenters. The van der Waals surface area contributed by atoms with Crippen molar-refractivity contribution in [1.29, 1.82) is 0 Å². The first-order valence-corrected chi connectivity index (χ1v) is 6.91. The summed E-state index contributed by atoms with van der Waals surface area (Å²) < 4.78 is 6.34. The molecule has 1 aromatic carbocycles. The maximum absolute atomic E-state index is 10.2. The third-order valence-corrected chi connectivity index (χ3v) is 3.81. The maximum atomic E-state index is 10.2. The van der Waals surface area contributed by atoms with Gasteiger partial charge in [-0.25, -0.2) is 0 Å². The number of aliphatic hydroxyl groups is 1. The van der Waals surface area contributed by atoms with Gasteiger partial charge in [0, 0.05) is 10.0 Å². The molecule has 0 aliphatic rings.